The largest absolute Gasteiger partial charge is 0.376 e. The minimum absolute atomic E-state index is 0.130. The lowest BCUT2D eigenvalue weighted by molar-refractivity contribution is -0.128. The van der Waals surface area contributed by atoms with Crippen LogP contribution in [0.4, 0.5) is 0 Å². The molecule has 2 unspecified atom stereocenters. The smallest absolute Gasteiger partial charge is 0.0908 e. The Kier molecular flexibility index (Phi) is 6.28. The summed E-state index contributed by atoms with van der Waals surface area (Å²) >= 11 is 0. The van der Waals surface area contributed by atoms with Gasteiger partial charge in [0.05, 0.1) is 18.3 Å². The van der Waals surface area contributed by atoms with E-state index in [1.807, 2.05) is 7.11 Å². The molecular weight excluding hydrogens is 262 g/mol. The molecule has 1 heterocycles. The predicted octanol–water partition coefficient (Wildman–Crippen LogP) is 4.15. The highest BCUT2D eigenvalue weighted by Gasteiger charge is 2.39. The fourth-order valence-electron chi connectivity index (χ4n) is 3.77. The third-order valence-electron chi connectivity index (χ3n) is 4.99. The summed E-state index contributed by atoms with van der Waals surface area (Å²) in [4.78, 5) is 0. The second-order valence-electron chi connectivity index (χ2n) is 8.44. The Labute approximate surface area is 132 Å². The number of hydrogen-bond acceptors (Lipinski definition) is 3. The molecule has 1 N–H and O–H groups in total. The molecule has 0 aliphatic carbocycles. The normalized spacial score (nSPS) is 26.3. The minimum atomic E-state index is -0.185. The summed E-state index contributed by atoms with van der Waals surface area (Å²) in [6.45, 7) is 16.4. The van der Waals surface area contributed by atoms with E-state index in [1.165, 1.54) is 12.8 Å². The SMILES string of the molecule is CCCC(C)C(C)(COC1CC(C)(C)NC(C)(C)C1)OC. The molecule has 2 atom stereocenters. The topological polar surface area (TPSA) is 30.5 Å². The van der Waals surface area contributed by atoms with E-state index in [0.29, 0.717) is 18.6 Å². The highest BCUT2D eigenvalue weighted by Crippen LogP contribution is 2.32. The molecule has 21 heavy (non-hydrogen) atoms. The van der Waals surface area contributed by atoms with E-state index in [1.54, 1.807) is 0 Å². The van der Waals surface area contributed by atoms with Gasteiger partial charge in [0, 0.05) is 18.2 Å². The van der Waals surface area contributed by atoms with Gasteiger partial charge in [-0.3, -0.25) is 0 Å². The maximum atomic E-state index is 6.31. The van der Waals surface area contributed by atoms with Gasteiger partial charge in [0.1, 0.15) is 0 Å². The van der Waals surface area contributed by atoms with Crippen LogP contribution >= 0.6 is 0 Å². The Hall–Kier alpha value is -0.120. The van der Waals surface area contributed by atoms with Crippen LogP contribution in [-0.4, -0.2) is 36.5 Å². The van der Waals surface area contributed by atoms with Crippen LogP contribution in [0.15, 0.2) is 0 Å². The molecular formula is C18H37NO2. The molecule has 0 aromatic heterocycles. The van der Waals surface area contributed by atoms with Crippen LogP contribution < -0.4 is 5.32 Å². The molecule has 1 aliphatic heterocycles. The molecule has 126 valence electrons. The summed E-state index contributed by atoms with van der Waals surface area (Å²) in [5, 5.41) is 3.70. The number of piperidine rings is 1. The van der Waals surface area contributed by atoms with Crippen molar-refractivity contribution in [3.63, 3.8) is 0 Å². The monoisotopic (exact) mass is 299 g/mol. The molecule has 1 fully saturated rings. The second kappa shape index (κ2) is 6.97. The molecule has 0 amide bonds. The van der Waals surface area contributed by atoms with Crippen molar-refractivity contribution < 1.29 is 9.47 Å². The standard InChI is InChI=1S/C18H37NO2/c1-9-10-14(2)18(7,20-8)13-21-15-11-16(3,4)19-17(5,6)12-15/h14-15,19H,9-13H2,1-8H3. The van der Waals surface area contributed by atoms with E-state index in [2.05, 4.69) is 53.8 Å². The molecule has 1 aliphatic rings. The van der Waals surface area contributed by atoms with Gasteiger partial charge in [-0.15, -0.1) is 0 Å². The van der Waals surface area contributed by atoms with Crippen molar-refractivity contribution in [1.82, 2.24) is 5.32 Å². The Bertz CT molecular complexity index is 311. The molecule has 0 spiro atoms. The highest BCUT2D eigenvalue weighted by molar-refractivity contribution is 4.98. The molecule has 0 saturated carbocycles. The van der Waals surface area contributed by atoms with Crippen LogP contribution in [0.2, 0.25) is 0 Å². The number of methoxy groups -OCH3 is 1. The summed E-state index contributed by atoms with van der Waals surface area (Å²) < 4.78 is 12.1. The fraction of sp³-hybridized carbons (Fsp3) is 1.00. The third-order valence-corrected chi connectivity index (χ3v) is 4.99. The molecule has 1 rings (SSSR count). The Morgan fingerprint density at radius 1 is 1.19 bits per heavy atom. The average Bonchev–Trinajstić information content (AvgIpc) is 2.32. The lowest BCUT2D eigenvalue weighted by Gasteiger charge is -2.47. The molecule has 3 heteroatoms. The highest BCUT2D eigenvalue weighted by atomic mass is 16.5. The predicted molar refractivity (Wildman–Crippen MR) is 89.8 cm³/mol. The number of ether oxygens (including phenoxy) is 2. The first-order valence-corrected chi connectivity index (χ1v) is 8.50. The van der Waals surface area contributed by atoms with Gasteiger partial charge < -0.3 is 14.8 Å². The van der Waals surface area contributed by atoms with Crippen molar-refractivity contribution in [3.8, 4) is 0 Å². The van der Waals surface area contributed by atoms with Gasteiger partial charge in [0.15, 0.2) is 0 Å². The maximum absolute atomic E-state index is 6.31. The minimum Gasteiger partial charge on any atom is -0.376 e. The molecule has 0 aromatic rings. The van der Waals surface area contributed by atoms with Gasteiger partial charge in [-0.1, -0.05) is 20.3 Å². The quantitative estimate of drug-likeness (QED) is 0.766. The van der Waals surface area contributed by atoms with Crippen molar-refractivity contribution in [2.45, 2.75) is 96.9 Å². The zero-order valence-electron chi connectivity index (χ0n) is 15.5. The van der Waals surface area contributed by atoms with Crippen LogP contribution in [0.3, 0.4) is 0 Å². The van der Waals surface area contributed by atoms with Crippen molar-refractivity contribution in [1.29, 1.82) is 0 Å². The van der Waals surface area contributed by atoms with Crippen molar-refractivity contribution in [2.24, 2.45) is 5.92 Å². The zero-order valence-corrected chi connectivity index (χ0v) is 15.5. The first-order valence-electron chi connectivity index (χ1n) is 8.50. The van der Waals surface area contributed by atoms with E-state index in [4.69, 9.17) is 9.47 Å². The van der Waals surface area contributed by atoms with E-state index in [-0.39, 0.29) is 16.7 Å². The lowest BCUT2D eigenvalue weighted by atomic mass is 9.80. The van der Waals surface area contributed by atoms with Gasteiger partial charge in [-0.05, 0) is 59.8 Å². The lowest BCUT2D eigenvalue weighted by Crippen LogP contribution is -2.60. The Balaban J connectivity index is 2.64. The summed E-state index contributed by atoms with van der Waals surface area (Å²) in [6.07, 6.45) is 4.78. The third kappa shape index (κ3) is 5.54. The van der Waals surface area contributed by atoms with Gasteiger partial charge in [0.2, 0.25) is 0 Å². The number of rotatable bonds is 7. The number of hydrogen-bond donors (Lipinski definition) is 1. The van der Waals surface area contributed by atoms with Crippen LogP contribution in [0.25, 0.3) is 0 Å². The van der Waals surface area contributed by atoms with Crippen LogP contribution in [-0.2, 0) is 9.47 Å². The summed E-state index contributed by atoms with van der Waals surface area (Å²) in [6, 6.07) is 0. The van der Waals surface area contributed by atoms with E-state index < -0.39 is 0 Å². The van der Waals surface area contributed by atoms with Crippen molar-refractivity contribution >= 4 is 0 Å². The zero-order chi connectivity index (χ0) is 16.3. The van der Waals surface area contributed by atoms with Gasteiger partial charge >= 0.3 is 0 Å². The first kappa shape index (κ1) is 18.9. The van der Waals surface area contributed by atoms with Crippen molar-refractivity contribution in [3.05, 3.63) is 0 Å². The maximum Gasteiger partial charge on any atom is 0.0908 e. The average molecular weight is 299 g/mol. The summed E-state index contributed by atoms with van der Waals surface area (Å²) in [7, 11) is 1.81. The van der Waals surface area contributed by atoms with Crippen LogP contribution in [0.5, 0.6) is 0 Å². The molecule has 1 saturated heterocycles. The molecule has 0 bridgehead atoms. The fourth-order valence-corrected chi connectivity index (χ4v) is 3.77. The van der Waals surface area contributed by atoms with E-state index in [9.17, 15) is 0 Å². The van der Waals surface area contributed by atoms with Crippen LogP contribution in [0, 0.1) is 5.92 Å². The number of nitrogens with one attached hydrogen (secondary N) is 1. The van der Waals surface area contributed by atoms with E-state index in [0.717, 1.165) is 12.8 Å². The Morgan fingerprint density at radius 3 is 2.14 bits per heavy atom. The molecule has 3 nitrogen and oxygen atoms in total. The van der Waals surface area contributed by atoms with Crippen LogP contribution in [0.1, 0.15) is 74.1 Å². The van der Waals surface area contributed by atoms with E-state index >= 15 is 0 Å². The second-order valence-corrected chi connectivity index (χ2v) is 8.44. The van der Waals surface area contributed by atoms with Gasteiger partial charge in [-0.25, -0.2) is 0 Å². The summed E-state index contributed by atoms with van der Waals surface area (Å²) in [5.41, 5.74) is 0.0744. The molecule has 0 aromatic carbocycles. The molecule has 0 radical (unpaired) electrons. The van der Waals surface area contributed by atoms with Gasteiger partial charge in [-0.2, -0.15) is 0 Å². The summed E-state index contributed by atoms with van der Waals surface area (Å²) in [5.74, 6) is 0.509. The Morgan fingerprint density at radius 2 is 1.71 bits per heavy atom. The van der Waals surface area contributed by atoms with Crippen molar-refractivity contribution in [2.75, 3.05) is 13.7 Å². The van der Waals surface area contributed by atoms with Gasteiger partial charge in [0.25, 0.3) is 0 Å². The first-order chi connectivity index (χ1) is 9.53.